The summed E-state index contributed by atoms with van der Waals surface area (Å²) in [6.45, 7) is 0. The average molecular weight is 312 g/mol. The van der Waals surface area contributed by atoms with Gasteiger partial charge >= 0.3 is 59.1 Å². The molecule has 0 spiro atoms. The molecular formula is C6H6N2Na2O6S2. The summed E-state index contributed by atoms with van der Waals surface area (Å²) in [4.78, 5) is -1.98. The van der Waals surface area contributed by atoms with Crippen LogP contribution in [0.3, 0.4) is 0 Å². The maximum atomic E-state index is 10.7. The normalized spacial score (nSPS) is 11.2. The van der Waals surface area contributed by atoms with Crippen molar-refractivity contribution in [1.29, 1.82) is 0 Å². The van der Waals surface area contributed by atoms with Crippen LogP contribution in [0.25, 0.3) is 0 Å². The molecule has 0 atom stereocenters. The predicted octanol–water partition coefficient (Wildman–Crippen LogP) is -7.33. The van der Waals surface area contributed by atoms with Crippen LogP contribution in [0.2, 0.25) is 0 Å². The molecule has 1 rings (SSSR count). The summed E-state index contributed by atoms with van der Waals surface area (Å²) in [5.74, 6) is 0. The van der Waals surface area contributed by atoms with Crippen LogP contribution in [0.1, 0.15) is 0 Å². The summed E-state index contributed by atoms with van der Waals surface area (Å²) in [6.07, 6.45) is 0. The van der Waals surface area contributed by atoms with Gasteiger partial charge in [0.25, 0.3) is 0 Å². The number of hydrogen-bond donors (Lipinski definition) is 2. The van der Waals surface area contributed by atoms with E-state index in [0.717, 1.165) is 6.07 Å². The molecule has 0 unspecified atom stereocenters. The number of anilines is 2. The van der Waals surface area contributed by atoms with Crippen molar-refractivity contribution in [2.75, 3.05) is 11.5 Å². The molecular weight excluding hydrogens is 306 g/mol. The zero-order valence-corrected chi connectivity index (χ0v) is 15.2. The molecule has 0 aliphatic rings. The SMILES string of the molecule is Nc1cc(N)c(S(=O)(=O)[O-])cc1S(=O)(=O)[O-].[Na+].[Na+]. The van der Waals surface area contributed by atoms with E-state index < -0.39 is 41.4 Å². The Balaban J connectivity index is 0. The number of hydrogen-bond acceptors (Lipinski definition) is 8. The number of benzene rings is 1. The zero-order valence-electron chi connectivity index (χ0n) is 9.58. The molecule has 8 nitrogen and oxygen atoms in total. The first kappa shape index (κ1) is 20.9. The standard InChI is InChI=1S/C6H8N2O6S2.2Na/c7-3-1-4(8)6(16(12,13)14)2-5(3)15(9,10)11;;/h1-2H,7-8H2,(H,9,10,11)(H,12,13,14);;/q;2*+1/p-2. The Bertz CT molecular complexity index is 589. The second kappa shape index (κ2) is 6.88. The van der Waals surface area contributed by atoms with Gasteiger partial charge < -0.3 is 20.6 Å². The Morgan fingerprint density at radius 2 is 1.06 bits per heavy atom. The molecule has 1 aromatic rings. The minimum atomic E-state index is -4.97. The molecule has 0 aromatic heterocycles. The number of nitrogens with two attached hydrogens (primary N) is 2. The van der Waals surface area contributed by atoms with E-state index in [1.54, 1.807) is 0 Å². The summed E-state index contributed by atoms with van der Waals surface area (Å²) in [5.41, 5.74) is 9.30. The third kappa shape index (κ3) is 4.96. The van der Waals surface area contributed by atoms with Gasteiger partial charge in [-0.3, -0.25) is 0 Å². The van der Waals surface area contributed by atoms with Gasteiger partial charge in [-0.2, -0.15) is 0 Å². The van der Waals surface area contributed by atoms with E-state index in [1.165, 1.54) is 0 Å². The first-order valence-electron chi connectivity index (χ1n) is 3.64. The third-order valence-electron chi connectivity index (χ3n) is 1.68. The molecule has 0 aliphatic carbocycles. The summed E-state index contributed by atoms with van der Waals surface area (Å²) in [6, 6.07) is 1.09. The van der Waals surface area contributed by atoms with Crippen LogP contribution in [-0.2, 0) is 20.2 Å². The molecule has 1 aromatic carbocycles. The smallest absolute Gasteiger partial charge is 0.744 e. The van der Waals surface area contributed by atoms with E-state index in [1.807, 2.05) is 0 Å². The fourth-order valence-electron chi connectivity index (χ4n) is 1.03. The van der Waals surface area contributed by atoms with Gasteiger partial charge in [-0.05, 0) is 12.1 Å². The van der Waals surface area contributed by atoms with Crippen LogP contribution in [-0.4, -0.2) is 25.9 Å². The summed E-state index contributed by atoms with van der Waals surface area (Å²) < 4.78 is 64.0. The molecule has 0 fully saturated rings. The molecule has 0 saturated heterocycles. The average Bonchev–Trinajstić information content (AvgIpc) is 1.97. The molecule has 12 heteroatoms. The minimum absolute atomic E-state index is 0. The van der Waals surface area contributed by atoms with E-state index in [-0.39, 0.29) is 59.1 Å². The zero-order chi connectivity index (χ0) is 12.7. The van der Waals surface area contributed by atoms with Crippen molar-refractivity contribution in [2.45, 2.75) is 9.79 Å². The van der Waals surface area contributed by atoms with Crippen LogP contribution in [0.5, 0.6) is 0 Å². The van der Waals surface area contributed by atoms with Crippen LogP contribution in [0.15, 0.2) is 21.9 Å². The van der Waals surface area contributed by atoms with Crippen molar-refractivity contribution in [3.8, 4) is 0 Å². The molecule has 4 N–H and O–H groups in total. The molecule has 18 heavy (non-hydrogen) atoms. The number of nitrogen functional groups attached to an aromatic ring is 2. The minimum Gasteiger partial charge on any atom is -0.744 e. The van der Waals surface area contributed by atoms with E-state index in [0.29, 0.717) is 6.07 Å². The largest absolute Gasteiger partial charge is 1.00 e. The van der Waals surface area contributed by atoms with Crippen molar-refractivity contribution in [2.24, 2.45) is 0 Å². The topological polar surface area (TPSA) is 166 Å². The summed E-state index contributed by atoms with van der Waals surface area (Å²) >= 11 is 0. The van der Waals surface area contributed by atoms with Crippen LogP contribution < -0.4 is 70.6 Å². The molecule has 0 aliphatic heterocycles. The second-order valence-electron chi connectivity index (χ2n) is 2.84. The monoisotopic (exact) mass is 312 g/mol. The Morgan fingerprint density at radius 3 is 1.28 bits per heavy atom. The molecule has 0 bridgehead atoms. The summed E-state index contributed by atoms with van der Waals surface area (Å²) in [7, 11) is -9.93. The quantitative estimate of drug-likeness (QED) is 0.308. The molecule has 0 radical (unpaired) electrons. The van der Waals surface area contributed by atoms with Crippen molar-refractivity contribution >= 4 is 31.6 Å². The Hall–Kier alpha value is 0.640. The predicted molar refractivity (Wildman–Crippen MR) is 51.2 cm³/mol. The van der Waals surface area contributed by atoms with E-state index in [9.17, 15) is 25.9 Å². The Morgan fingerprint density at radius 1 is 0.778 bits per heavy atom. The third-order valence-corrected chi connectivity index (χ3v) is 3.47. The van der Waals surface area contributed by atoms with Gasteiger partial charge in [0.05, 0.1) is 21.2 Å². The van der Waals surface area contributed by atoms with Gasteiger partial charge in [0.15, 0.2) is 0 Å². The van der Waals surface area contributed by atoms with Gasteiger partial charge in [0.1, 0.15) is 20.2 Å². The molecule has 90 valence electrons. The van der Waals surface area contributed by atoms with Gasteiger partial charge in [0.2, 0.25) is 0 Å². The fraction of sp³-hybridized carbons (Fsp3) is 0. The van der Waals surface area contributed by atoms with Crippen LogP contribution in [0, 0.1) is 0 Å². The first-order valence-corrected chi connectivity index (χ1v) is 6.46. The molecule has 0 heterocycles. The van der Waals surface area contributed by atoms with E-state index in [2.05, 4.69) is 0 Å². The van der Waals surface area contributed by atoms with Crippen molar-refractivity contribution < 1.29 is 85.1 Å². The van der Waals surface area contributed by atoms with Gasteiger partial charge in [-0.1, -0.05) is 0 Å². The van der Waals surface area contributed by atoms with Crippen molar-refractivity contribution in [3.63, 3.8) is 0 Å². The Labute approximate surface area is 148 Å². The fourth-order valence-corrected chi connectivity index (χ4v) is 2.32. The van der Waals surface area contributed by atoms with Crippen molar-refractivity contribution in [1.82, 2.24) is 0 Å². The van der Waals surface area contributed by atoms with Gasteiger partial charge in [0, 0.05) is 0 Å². The second-order valence-corrected chi connectivity index (χ2v) is 5.53. The maximum Gasteiger partial charge on any atom is 1.00 e. The Kier molecular flexibility index (Phi) is 8.01. The van der Waals surface area contributed by atoms with Gasteiger partial charge in [-0.15, -0.1) is 0 Å². The summed E-state index contributed by atoms with van der Waals surface area (Å²) in [5, 5.41) is 0. The van der Waals surface area contributed by atoms with E-state index >= 15 is 0 Å². The van der Waals surface area contributed by atoms with Crippen LogP contribution in [0.4, 0.5) is 11.4 Å². The number of rotatable bonds is 2. The maximum absolute atomic E-state index is 10.7. The first-order chi connectivity index (χ1) is 7.03. The van der Waals surface area contributed by atoms with Crippen molar-refractivity contribution in [3.05, 3.63) is 12.1 Å². The molecule has 0 amide bonds. The van der Waals surface area contributed by atoms with Gasteiger partial charge in [-0.25, -0.2) is 16.8 Å². The van der Waals surface area contributed by atoms with E-state index in [4.69, 9.17) is 11.5 Å². The molecule has 0 saturated carbocycles. The van der Waals surface area contributed by atoms with Crippen LogP contribution >= 0.6 is 0 Å².